The van der Waals surface area contributed by atoms with Gasteiger partial charge in [0.15, 0.2) is 16.3 Å². The average Bonchev–Trinajstić information content (AvgIpc) is 3.26. The van der Waals surface area contributed by atoms with Gasteiger partial charge in [-0.25, -0.2) is 0 Å². The van der Waals surface area contributed by atoms with Crippen molar-refractivity contribution < 1.29 is 14.0 Å². The summed E-state index contributed by atoms with van der Waals surface area (Å²) in [5.41, 5.74) is 0. The fourth-order valence-electron chi connectivity index (χ4n) is 2.84. The van der Waals surface area contributed by atoms with Gasteiger partial charge in [-0.05, 0) is 40.4 Å². The van der Waals surface area contributed by atoms with Gasteiger partial charge in [0.1, 0.15) is 5.82 Å². The second-order valence-electron chi connectivity index (χ2n) is 6.31. The number of aromatic nitrogens is 3. The Bertz CT molecular complexity index is 783. The molecule has 2 aromatic heterocycles. The van der Waals surface area contributed by atoms with Crippen LogP contribution in [-0.4, -0.2) is 33.1 Å². The van der Waals surface area contributed by atoms with Gasteiger partial charge in [0, 0.05) is 13.0 Å². The van der Waals surface area contributed by atoms with Crippen LogP contribution in [0.1, 0.15) is 48.5 Å². The zero-order valence-electron chi connectivity index (χ0n) is 14.1. The molecule has 1 aliphatic heterocycles. The Kier molecular flexibility index (Phi) is 5.22. The van der Waals surface area contributed by atoms with Gasteiger partial charge in [-0.3, -0.25) is 9.59 Å². The smallest absolute Gasteiger partial charge is 0.287 e. The Morgan fingerprint density at radius 1 is 1.36 bits per heavy atom. The highest BCUT2D eigenvalue weighted by Gasteiger charge is 2.27. The van der Waals surface area contributed by atoms with Crippen LogP contribution in [0.3, 0.4) is 0 Å². The van der Waals surface area contributed by atoms with E-state index >= 15 is 0 Å². The first-order valence-corrected chi connectivity index (χ1v) is 9.00. The standard InChI is InChI=1S/C16H20BrN5O3/c1-9(2)14(15-21-20-12-4-3-7-22(12)15)19-13(23)8-18-16(24)10-5-6-11(17)25-10/h5-6,9,14H,3-4,7-8H2,1-2H3,(H,18,24)(H,19,23)/t14-/m1/s1. The maximum absolute atomic E-state index is 12.3. The molecule has 25 heavy (non-hydrogen) atoms. The SMILES string of the molecule is CC(C)[C@@H](NC(=O)CNC(=O)c1ccc(Br)o1)c1nnc2n1CCC2. The number of nitrogens with one attached hydrogen (secondary N) is 2. The molecule has 0 spiro atoms. The lowest BCUT2D eigenvalue weighted by molar-refractivity contribution is -0.121. The lowest BCUT2D eigenvalue weighted by Gasteiger charge is -2.22. The van der Waals surface area contributed by atoms with Gasteiger partial charge >= 0.3 is 0 Å². The Hall–Kier alpha value is -2.16. The summed E-state index contributed by atoms with van der Waals surface area (Å²) in [7, 11) is 0. The van der Waals surface area contributed by atoms with Gasteiger partial charge in [-0.2, -0.15) is 0 Å². The number of nitrogens with zero attached hydrogens (tertiary/aromatic N) is 3. The quantitative estimate of drug-likeness (QED) is 0.757. The summed E-state index contributed by atoms with van der Waals surface area (Å²) in [5.74, 6) is 1.31. The van der Waals surface area contributed by atoms with Gasteiger partial charge in [-0.15, -0.1) is 10.2 Å². The van der Waals surface area contributed by atoms with Crippen LogP contribution in [-0.2, 0) is 17.8 Å². The molecular weight excluding hydrogens is 390 g/mol. The number of fused-ring (bicyclic) bond motifs is 1. The molecule has 2 aromatic rings. The molecule has 0 aromatic carbocycles. The normalized spacial score (nSPS) is 14.4. The third-order valence-corrected chi connectivity index (χ3v) is 4.53. The van der Waals surface area contributed by atoms with Crippen LogP contribution in [0.2, 0.25) is 0 Å². The van der Waals surface area contributed by atoms with Crippen LogP contribution in [0.4, 0.5) is 0 Å². The van der Waals surface area contributed by atoms with Crippen molar-refractivity contribution in [3.8, 4) is 0 Å². The highest BCUT2D eigenvalue weighted by Crippen LogP contribution is 2.24. The van der Waals surface area contributed by atoms with E-state index in [1.54, 1.807) is 6.07 Å². The molecule has 0 unspecified atom stereocenters. The molecule has 2 amide bonds. The Balaban J connectivity index is 1.60. The summed E-state index contributed by atoms with van der Waals surface area (Å²) in [6, 6.07) is 2.91. The number of hydrogen-bond donors (Lipinski definition) is 2. The fraction of sp³-hybridized carbons (Fsp3) is 0.500. The number of amides is 2. The second-order valence-corrected chi connectivity index (χ2v) is 7.09. The van der Waals surface area contributed by atoms with Crippen LogP contribution in [0.5, 0.6) is 0 Å². The van der Waals surface area contributed by atoms with Crippen LogP contribution >= 0.6 is 15.9 Å². The first-order chi connectivity index (χ1) is 12.0. The molecule has 9 heteroatoms. The lowest BCUT2D eigenvalue weighted by atomic mass is 10.0. The summed E-state index contributed by atoms with van der Waals surface area (Å²) in [6.45, 7) is 4.77. The first-order valence-electron chi connectivity index (χ1n) is 8.20. The van der Waals surface area contributed by atoms with E-state index in [9.17, 15) is 9.59 Å². The number of furan rings is 1. The molecule has 3 heterocycles. The number of carbonyl (C=O) groups excluding carboxylic acids is 2. The molecule has 0 saturated heterocycles. The van der Waals surface area contributed by atoms with Crippen molar-refractivity contribution in [1.29, 1.82) is 0 Å². The summed E-state index contributed by atoms with van der Waals surface area (Å²) in [4.78, 5) is 24.2. The first kappa shape index (κ1) is 17.7. The Morgan fingerprint density at radius 3 is 2.84 bits per heavy atom. The molecule has 134 valence electrons. The van der Waals surface area contributed by atoms with E-state index < -0.39 is 5.91 Å². The Morgan fingerprint density at radius 2 is 2.16 bits per heavy atom. The number of carbonyl (C=O) groups is 2. The third kappa shape index (κ3) is 3.92. The van der Waals surface area contributed by atoms with Gasteiger partial charge < -0.3 is 19.6 Å². The topological polar surface area (TPSA) is 102 Å². The highest BCUT2D eigenvalue weighted by atomic mass is 79.9. The molecular formula is C16H20BrN5O3. The van der Waals surface area contributed by atoms with Gasteiger partial charge in [-0.1, -0.05) is 13.8 Å². The molecule has 0 radical (unpaired) electrons. The average molecular weight is 410 g/mol. The van der Waals surface area contributed by atoms with Gasteiger partial charge in [0.05, 0.1) is 12.6 Å². The number of rotatable bonds is 6. The molecule has 3 rings (SSSR count). The van der Waals surface area contributed by atoms with Crippen LogP contribution < -0.4 is 10.6 Å². The van der Waals surface area contributed by atoms with Crippen molar-refractivity contribution >= 4 is 27.7 Å². The molecule has 1 atom stereocenters. The van der Waals surface area contributed by atoms with E-state index in [1.807, 2.05) is 13.8 Å². The molecule has 0 bridgehead atoms. The van der Waals surface area contributed by atoms with Crippen molar-refractivity contribution in [1.82, 2.24) is 25.4 Å². The van der Waals surface area contributed by atoms with E-state index in [0.29, 0.717) is 4.67 Å². The molecule has 8 nitrogen and oxygen atoms in total. The molecule has 2 N–H and O–H groups in total. The van der Waals surface area contributed by atoms with Crippen LogP contribution in [0, 0.1) is 5.92 Å². The number of hydrogen-bond acceptors (Lipinski definition) is 5. The minimum Gasteiger partial charge on any atom is -0.444 e. The van der Waals surface area contributed by atoms with Crippen molar-refractivity contribution in [3.63, 3.8) is 0 Å². The van der Waals surface area contributed by atoms with Crippen LogP contribution in [0.15, 0.2) is 21.2 Å². The minimum absolute atomic E-state index is 0.138. The molecule has 0 aliphatic carbocycles. The van der Waals surface area contributed by atoms with E-state index in [-0.39, 0.29) is 30.2 Å². The van der Waals surface area contributed by atoms with Gasteiger partial charge in [0.25, 0.3) is 5.91 Å². The predicted molar refractivity (Wildman–Crippen MR) is 92.8 cm³/mol. The van der Waals surface area contributed by atoms with Crippen molar-refractivity contribution in [2.75, 3.05) is 6.54 Å². The van der Waals surface area contributed by atoms with Gasteiger partial charge in [0.2, 0.25) is 5.91 Å². The van der Waals surface area contributed by atoms with E-state index in [4.69, 9.17) is 4.42 Å². The predicted octanol–water partition coefficient (Wildman–Crippen LogP) is 1.82. The minimum atomic E-state index is -0.440. The molecule has 0 saturated carbocycles. The lowest BCUT2D eigenvalue weighted by Crippen LogP contribution is -2.40. The zero-order chi connectivity index (χ0) is 18.0. The van der Waals surface area contributed by atoms with Crippen molar-refractivity contribution in [2.45, 2.75) is 39.3 Å². The third-order valence-electron chi connectivity index (χ3n) is 4.11. The second kappa shape index (κ2) is 7.38. The van der Waals surface area contributed by atoms with E-state index in [1.165, 1.54) is 6.07 Å². The number of halogens is 1. The molecule has 0 fully saturated rings. The number of aryl methyl sites for hydroxylation is 1. The monoisotopic (exact) mass is 409 g/mol. The zero-order valence-corrected chi connectivity index (χ0v) is 15.7. The Labute approximate surface area is 153 Å². The summed E-state index contributed by atoms with van der Waals surface area (Å²) in [6.07, 6.45) is 1.96. The van der Waals surface area contributed by atoms with E-state index in [0.717, 1.165) is 31.0 Å². The fourth-order valence-corrected chi connectivity index (χ4v) is 3.15. The van der Waals surface area contributed by atoms with Crippen molar-refractivity contribution in [2.24, 2.45) is 5.92 Å². The maximum atomic E-state index is 12.3. The van der Waals surface area contributed by atoms with E-state index in [2.05, 4.69) is 41.3 Å². The maximum Gasteiger partial charge on any atom is 0.287 e. The summed E-state index contributed by atoms with van der Waals surface area (Å²) >= 11 is 3.13. The van der Waals surface area contributed by atoms with Crippen LogP contribution in [0.25, 0.3) is 0 Å². The largest absolute Gasteiger partial charge is 0.444 e. The summed E-state index contributed by atoms with van der Waals surface area (Å²) < 4.78 is 7.69. The van der Waals surface area contributed by atoms with Crippen molar-refractivity contribution in [3.05, 3.63) is 34.2 Å². The molecule has 1 aliphatic rings. The highest BCUT2D eigenvalue weighted by molar-refractivity contribution is 9.10. The summed E-state index contributed by atoms with van der Waals surface area (Å²) in [5, 5.41) is 13.9.